The molecule has 6 nitrogen and oxygen atoms in total. The molecule has 1 aliphatic heterocycles. The van der Waals surface area contributed by atoms with Crippen molar-refractivity contribution in [1.29, 1.82) is 0 Å². The van der Waals surface area contributed by atoms with Gasteiger partial charge >= 0.3 is 0 Å². The summed E-state index contributed by atoms with van der Waals surface area (Å²) in [5, 5.41) is 2.54. The zero-order valence-electron chi connectivity index (χ0n) is 12.5. The van der Waals surface area contributed by atoms with Crippen LogP contribution < -0.4 is 15.0 Å². The zero-order valence-corrected chi connectivity index (χ0v) is 12.5. The Morgan fingerprint density at radius 2 is 1.76 bits per heavy atom. The van der Waals surface area contributed by atoms with E-state index < -0.39 is 0 Å². The molecule has 0 unspecified atom stereocenters. The molecule has 0 atom stereocenters. The molecular weight excluding hydrogens is 270 g/mol. The maximum Gasteiger partial charge on any atom is 0.242 e. The molecule has 0 spiro atoms. The van der Waals surface area contributed by atoms with E-state index in [2.05, 4.69) is 10.2 Å². The van der Waals surface area contributed by atoms with Crippen LogP contribution in [0, 0.1) is 0 Å². The normalized spacial score (nSPS) is 14.8. The highest BCUT2D eigenvalue weighted by Gasteiger charge is 2.21. The first kappa shape index (κ1) is 15.2. The highest BCUT2D eigenvalue weighted by Crippen LogP contribution is 2.20. The van der Waals surface area contributed by atoms with Crippen molar-refractivity contribution in [2.75, 3.05) is 44.7 Å². The van der Waals surface area contributed by atoms with E-state index in [1.54, 1.807) is 12.0 Å². The number of anilines is 1. The summed E-state index contributed by atoms with van der Waals surface area (Å²) in [6.07, 6.45) is 0. The average molecular weight is 291 g/mol. The smallest absolute Gasteiger partial charge is 0.242 e. The van der Waals surface area contributed by atoms with Crippen LogP contribution in [0.1, 0.15) is 6.92 Å². The van der Waals surface area contributed by atoms with Crippen LogP contribution in [-0.4, -0.2) is 56.5 Å². The summed E-state index contributed by atoms with van der Waals surface area (Å²) in [5.74, 6) is 0.627. The molecule has 1 aromatic rings. The summed E-state index contributed by atoms with van der Waals surface area (Å²) in [6, 6.07) is 7.91. The number of hydrogen-bond acceptors (Lipinski definition) is 4. The summed E-state index contributed by atoms with van der Waals surface area (Å²) in [4.78, 5) is 26.8. The van der Waals surface area contributed by atoms with Crippen molar-refractivity contribution in [2.45, 2.75) is 6.92 Å². The number of piperazine rings is 1. The molecule has 0 aromatic heterocycles. The topological polar surface area (TPSA) is 61.9 Å². The highest BCUT2D eigenvalue weighted by molar-refractivity contribution is 5.83. The highest BCUT2D eigenvalue weighted by atomic mass is 16.5. The van der Waals surface area contributed by atoms with Gasteiger partial charge in [-0.05, 0) is 24.3 Å². The van der Waals surface area contributed by atoms with Gasteiger partial charge in [0.05, 0.1) is 13.7 Å². The van der Waals surface area contributed by atoms with Gasteiger partial charge in [0.15, 0.2) is 0 Å². The minimum Gasteiger partial charge on any atom is -0.497 e. The number of hydrogen-bond donors (Lipinski definition) is 1. The molecule has 1 N–H and O–H groups in total. The summed E-state index contributed by atoms with van der Waals surface area (Å²) < 4.78 is 5.15. The fourth-order valence-corrected chi connectivity index (χ4v) is 2.32. The second kappa shape index (κ2) is 6.97. The number of carbonyl (C=O) groups is 2. The van der Waals surface area contributed by atoms with Gasteiger partial charge in [0, 0.05) is 38.8 Å². The number of nitrogens with one attached hydrogen (secondary N) is 1. The van der Waals surface area contributed by atoms with Crippen molar-refractivity contribution in [3.8, 4) is 5.75 Å². The molecule has 6 heteroatoms. The van der Waals surface area contributed by atoms with Crippen LogP contribution in [0.2, 0.25) is 0 Å². The van der Waals surface area contributed by atoms with E-state index in [-0.39, 0.29) is 18.4 Å². The number of benzene rings is 1. The van der Waals surface area contributed by atoms with Crippen molar-refractivity contribution in [2.24, 2.45) is 0 Å². The van der Waals surface area contributed by atoms with Crippen molar-refractivity contribution in [3.63, 3.8) is 0 Å². The van der Waals surface area contributed by atoms with E-state index in [1.807, 2.05) is 24.3 Å². The van der Waals surface area contributed by atoms with Crippen LogP contribution in [0.4, 0.5) is 5.69 Å². The van der Waals surface area contributed by atoms with Crippen LogP contribution in [0.3, 0.4) is 0 Å². The van der Waals surface area contributed by atoms with Gasteiger partial charge in [-0.15, -0.1) is 0 Å². The lowest BCUT2D eigenvalue weighted by atomic mass is 10.2. The van der Waals surface area contributed by atoms with Crippen LogP contribution in [0.5, 0.6) is 5.75 Å². The van der Waals surface area contributed by atoms with Gasteiger partial charge in [-0.1, -0.05) is 0 Å². The minimum absolute atomic E-state index is 0.0282. The Kier molecular flexibility index (Phi) is 5.03. The summed E-state index contributed by atoms with van der Waals surface area (Å²) >= 11 is 0. The second-order valence-electron chi connectivity index (χ2n) is 4.98. The standard InChI is InChI=1S/C15H21N3O3/c1-12(19)16-11-15(20)18-9-7-17(8-10-18)13-3-5-14(21-2)6-4-13/h3-6H,7-11H2,1-2H3,(H,16,19). The monoisotopic (exact) mass is 291 g/mol. The first-order valence-corrected chi connectivity index (χ1v) is 7.01. The summed E-state index contributed by atoms with van der Waals surface area (Å²) in [7, 11) is 1.65. The van der Waals surface area contributed by atoms with Gasteiger partial charge in [-0.2, -0.15) is 0 Å². The number of carbonyl (C=O) groups excluding carboxylic acids is 2. The number of rotatable bonds is 4. The lowest BCUT2D eigenvalue weighted by Gasteiger charge is -2.36. The fourth-order valence-electron chi connectivity index (χ4n) is 2.32. The summed E-state index contributed by atoms with van der Waals surface area (Å²) in [5.41, 5.74) is 1.13. The first-order chi connectivity index (χ1) is 10.1. The number of methoxy groups -OCH3 is 1. The van der Waals surface area contributed by atoms with Gasteiger partial charge in [-0.25, -0.2) is 0 Å². The maximum atomic E-state index is 11.9. The van der Waals surface area contributed by atoms with E-state index in [9.17, 15) is 9.59 Å². The van der Waals surface area contributed by atoms with Gasteiger partial charge in [0.1, 0.15) is 5.75 Å². The number of nitrogens with zero attached hydrogens (tertiary/aromatic N) is 2. The Labute approximate surface area is 124 Å². The third kappa shape index (κ3) is 4.11. The molecule has 21 heavy (non-hydrogen) atoms. The zero-order chi connectivity index (χ0) is 15.2. The van der Waals surface area contributed by atoms with E-state index >= 15 is 0 Å². The molecule has 1 saturated heterocycles. The Balaban J connectivity index is 1.84. The Bertz CT molecular complexity index is 493. The lowest BCUT2D eigenvalue weighted by Crippen LogP contribution is -2.51. The predicted octanol–water partition coefficient (Wildman–Crippen LogP) is 0.480. The fraction of sp³-hybridized carbons (Fsp3) is 0.467. The SMILES string of the molecule is COc1ccc(N2CCN(C(=O)CNC(C)=O)CC2)cc1. The van der Waals surface area contributed by atoms with Gasteiger partial charge in [0.25, 0.3) is 0 Å². The molecule has 2 rings (SSSR count). The van der Waals surface area contributed by atoms with Crippen LogP contribution in [-0.2, 0) is 9.59 Å². The van der Waals surface area contributed by atoms with Crippen LogP contribution >= 0.6 is 0 Å². The molecule has 2 amide bonds. The summed E-state index contributed by atoms with van der Waals surface area (Å²) in [6.45, 7) is 4.41. The Hall–Kier alpha value is -2.24. The van der Waals surface area contributed by atoms with Crippen LogP contribution in [0.15, 0.2) is 24.3 Å². The molecule has 1 aromatic carbocycles. The van der Waals surface area contributed by atoms with Crippen LogP contribution in [0.25, 0.3) is 0 Å². The largest absolute Gasteiger partial charge is 0.497 e. The molecule has 0 saturated carbocycles. The third-order valence-corrected chi connectivity index (χ3v) is 3.56. The average Bonchev–Trinajstić information content (AvgIpc) is 2.53. The molecule has 0 radical (unpaired) electrons. The van der Waals surface area contributed by atoms with Crippen molar-refractivity contribution >= 4 is 17.5 Å². The minimum atomic E-state index is -0.180. The molecular formula is C15H21N3O3. The van der Waals surface area contributed by atoms with Gasteiger partial charge in [-0.3, -0.25) is 9.59 Å². The number of ether oxygens (including phenoxy) is 1. The Morgan fingerprint density at radius 3 is 2.29 bits per heavy atom. The molecule has 1 fully saturated rings. The van der Waals surface area contributed by atoms with Crippen molar-refractivity contribution < 1.29 is 14.3 Å². The molecule has 0 aliphatic carbocycles. The first-order valence-electron chi connectivity index (χ1n) is 7.01. The lowest BCUT2D eigenvalue weighted by molar-refractivity contribution is -0.132. The van der Waals surface area contributed by atoms with Crippen molar-refractivity contribution in [3.05, 3.63) is 24.3 Å². The van der Waals surface area contributed by atoms with E-state index in [0.717, 1.165) is 24.5 Å². The number of amides is 2. The molecule has 114 valence electrons. The van der Waals surface area contributed by atoms with Crippen molar-refractivity contribution in [1.82, 2.24) is 10.2 Å². The van der Waals surface area contributed by atoms with E-state index in [4.69, 9.17) is 4.74 Å². The van der Waals surface area contributed by atoms with E-state index in [0.29, 0.717) is 13.1 Å². The quantitative estimate of drug-likeness (QED) is 0.876. The predicted molar refractivity (Wildman–Crippen MR) is 80.5 cm³/mol. The molecule has 1 heterocycles. The second-order valence-corrected chi connectivity index (χ2v) is 4.98. The molecule has 0 bridgehead atoms. The van der Waals surface area contributed by atoms with Gasteiger partial charge in [0.2, 0.25) is 11.8 Å². The van der Waals surface area contributed by atoms with Gasteiger partial charge < -0.3 is 19.9 Å². The Morgan fingerprint density at radius 1 is 1.14 bits per heavy atom. The third-order valence-electron chi connectivity index (χ3n) is 3.56. The van der Waals surface area contributed by atoms with E-state index in [1.165, 1.54) is 6.92 Å². The molecule has 1 aliphatic rings. The maximum absolute atomic E-state index is 11.9.